The summed E-state index contributed by atoms with van der Waals surface area (Å²) in [7, 11) is 2.01. The van der Waals surface area contributed by atoms with Crippen LogP contribution in [0.5, 0.6) is 0 Å². The second-order valence-corrected chi connectivity index (χ2v) is 4.45. The monoisotopic (exact) mass is 217 g/mol. The molecule has 1 heteroatoms. The first kappa shape index (κ1) is 13.0. The van der Waals surface area contributed by atoms with Crippen molar-refractivity contribution in [3.05, 3.63) is 47.6 Å². The van der Waals surface area contributed by atoms with Gasteiger partial charge in [0, 0.05) is 5.41 Å². The number of hydrogen-bond acceptors (Lipinski definition) is 1. The van der Waals surface area contributed by atoms with Crippen LogP contribution in [0.2, 0.25) is 0 Å². The Balaban J connectivity index is 2.90. The molecule has 88 valence electrons. The van der Waals surface area contributed by atoms with Gasteiger partial charge in [-0.15, -0.1) is 0 Å². The fourth-order valence-corrected chi connectivity index (χ4v) is 2.23. The van der Waals surface area contributed by atoms with Crippen LogP contribution in [-0.2, 0) is 0 Å². The molecule has 1 rings (SSSR count). The first-order chi connectivity index (χ1) is 7.68. The van der Waals surface area contributed by atoms with Gasteiger partial charge in [0.1, 0.15) is 0 Å². The molecule has 1 unspecified atom stereocenters. The number of nitrogens with one attached hydrogen (secondary N) is 1. The van der Waals surface area contributed by atoms with E-state index in [0.717, 1.165) is 13.0 Å². The highest BCUT2D eigenvalue weighted by molar-refractivity contribution is 5.53. The highest BCUT2D eigenvalue weighted by atomic mass is 14.8. The van der Waals surface area contributed by atoms with E-state index < -0.39 is 0 Å². The van der Waals surface area contributed by atoms with Crippen LogP contribution in [0.25, 0.3) is 0 Å². The van der Waals surface area contributed by atoms with Crippen LogP contribution in [0.15, 0.2) is 47.6 Å². The minimum Gasteiger partial charge on any atom is -0.320 e. The van der Waals surface area contributed by atoms with Crippen LogP contribution in [0.1, 0.15) is 27.2 Å². The molecule has 0 amide bonds. The Morgan fingerprint density at radius 3 is 2.69 bits per heavy atom. The molecular formula is C15H23N. The lowest BCUT2D eigenvalue weighted by atomic mass is 9.80. The van der Waals surface area contributed by atoms with E-state index >= 15 is 0 Å². The highest BCUT2D eigenvalue weighted by Crippen LogP contribution is 2.42. The van der Waals surface area contributed by atoms with E-state index in [0.29, 0.717) is 0 Å². The average Bonchev–Trinajstić information content (AvgIpc) is 2.61. The van der Waals surface area contributed by atoms with E-state index in [1.54, 1.807) is 0 Å². The minimum absolute atomic E-state index is 0.200. The van der Waals surface area contributed by atoms with Crippen molar-refractivity contribution in [1.29, 1.82) is 0 Å². The summed E-state index contributed by atoms with van der Waals surface area (Å²) in [6.07, 6.45) is 14.3. The molecule has 0 fully saturated rings. The number of hydrogen-bond donors (Lipinski definition) is 1. The van der Waals surface area contributed by atoms with Crippen LogP contribution >= 0.6 is 0 Å². The molecule has 0 heterocycles. The van der Waals surface area contributed by atoms with E-state index in [9.17, 15) is 0 Å². The van der Waals surface area contributed by atoms with Crippen molar-refractivity contribution in [2.45, 2.75) is 27.2 Å². The van der Waals surface area contributed by atoms with Gasteiger partial charge < -0.3 is 5.32 Å². The van der Waals surface area contributed by atoms with Crippen molar-refractivity contribution >= 4 is 0 Å². The summed E-state index contributed by atoms with van der Waals surface area (Å²) >= 11 is 0. The molecule has 0 aromatic heterocycles. The van der Waals surface area contributed by atoms with E-state index in [2.05, 4.69) is 55.6 Å². The molecule has 0 aromatic rings. The Morgan fingerprint density at radius 2 is 2.12 bits per heavy atom. The lowest BCUT2D eigenvalue weighted by molar-refractivity contribution is 0.473. The van der Waals surface area contributed by atoms with Crippen molar-refractivity contribution in [3.8, 4) is 0 Å². The standard InChI is InChI=1S/C15H23N/c1-5-7-8-13-9-10-15(3,11-12-16-4)14(13)6-2/h5-10,16H,11-12H2,1-4H3/b7-5-,13-8-,14-6+. The third-order valence-corrected chi connectivity index (χ3v) is 3.21. The summed E-state index contributed by atoms with van der Waals surface area (Å²) in [5, 5.41) is 3.23. The van der Waals surface area contributed by atoms with Crippen molar-refractivity contribution in [2.75, 3.05) is 13.6 Å². The van der Waals surface area contributed by atoms with Gasteiger partial charge in [0.05, 0.1) is 0 Å². The molecule has 1 N–H and O–H groups in total. The van der Waals surface area contributed by atoms with Crippen molar-refractivity contribution in [2.24, 2.45) is 5.41 Å². The Labute approximate surface area is 99.6 Å². The van der Waals surface area contributed by atoms with Gasteiger partial charge in [0.25, 0.3) is 0 Å². The fraction of sp³-hybridized carbons (Fsp3) is 0.467. The second-order valence-electron chi connectivity index (χ2n) is 4.45. The van der Waals surface area contributed by atoms with Gasteiger partial charge in [0.2, 0.25) is 0 Å². The Kier molecular flexibility index (Phi) is 4.75. The summed E-state index contributed by atoms with van der Waals surface area (Å²) in [4.78, 5) is 0. The van der Waals surface area contributed by atoms with Gasteiger partial charge in [0.15, 0.2) is 0 Å². The van der Waals surface area contributed by atoms with E-state index in [1.807, 2.05) is 14.0 Å². The first-order valence-electron chi connectivity index (χ1n) is 6.02. The first-order valence-corrected chi connectivity index (χ1v) is 6.02. The molecule has 1 nitrogen and oxygen atoms in total. The van der Waals surface area contributed by atoms with Crippen LogP contribution in [0, 0.1) is 5.41 Å². The predicted molar refractivity (Wildman–Crippen MR) is 72.4 cm³/mol. The molecule has 0 aromatic carbocycles. The molecule has 1 aliphatic rings. The van der Waals surface area contributed by atoms with E-state index in [4.69, 9.17) is 0 Å². The van der Waals surface area contributed by atoms with E-state index in [1.165, 1.54) is 11.1 Å². The molecule has 0 radical (unpaired) electrons. The lowest BCUT2D eigenvalue weighted by Crippen LogP contribution is -2.20. The molecule has 0 saturated heterocycles. The fourth-order valence-electron chi connectivity index (χ4n) is 2.23. The van der Waals surface area contributed by atoms with Crippen molar-refractivity contribution in [1.82, 2.24) is 5.32 Å². The quantitative estimate of drug-likeness (QED) is 0.758. The topological polar surface area (TPSA) is 12.0 Å². The summed E-state index contributed by atoms with van der Waals surface area (Å²) in [5.41, 5.74) is 2.99. The summed E-state index contributed by atoms with van der Waals surface area (Å²) in [6.45, 7) is 7.54. The molecule has 0 bridgehead atoms. The maximum absolute atomic E-state index is 3.23. The number of allylic oxidation sites excluding steroid dienone is 8. The molecule has 1 aliphatic carbocycles. The van der Waals surface area contributed by atoms with Crippen molar-refractivity contribution < 1.29 is 0 Å². The predicted octanol–water partition coefficient (Wildman–Crippen LogP) is 3.62. The maximum Gasteiger partial charge on any atom is 0.0122 e. The second kappa shape index (κ2) is 5.86. The van der Waals surface area contributed by atoms with Gasteiger partial charge in [-0.2, -0.15) is 0 Å². The normalized spacial score (nSPS) is 30.0. The van der Waals surface area contributed by atoms with Crippen molar-refractivity contribution in [3.63, 3.8) is 0 Å². The Morgan fingerprint density at radius 1 is 1.38 bits per heavy atom. The lowest BCUT2D eigenvalue weighted by Gasteiger charge is -2.25. The number of rotatable bonds is 4. The summed E-state index contributed by atoms with van der Waals surface area (Å²) in [5.74, 6) is 0. The SMILES string of the molecule is C\C=C/C=C1/C=CC(C)(CCNC)/C1=C/C. The third-order valence-electron chi connectivity index (χ3n) is 3.21. The Bertz CT molecular complexity index is 344. The zero-order valence-electron chi connectivity index (χ0n) is 10.9. The van der Waals surface area contributed by atoms with E-state index in [-0.39, 0.29) is 5.41 Å². The molecule has 1 atom stereocenters. The minimum atomic E-state index is 0.200. The van der Waals surface area contributed by atoms with Crippen LogP contribution in [-0.4, -0.2) is 13.6 Å². The van der Waals surface area contributed by atoms with Crippen LogP contribution in [0.3, 0.4) is 0 Å². The summed E-state index contributed by atoms with van der Waals surface area (Å²) in [6, 6.07) is 0. The zero-order valence-corrected chi connectivity index (χ0v) is 10.9. The van der Waals surface area contributed by atoms with Gasteiger partial charge >= 0.3 is 0 Å². The summed E-state index contributed by atoms with van der Waals surface area (Å²) < 4.78 is 0. The smallest absolute Gasteiger partial charge is 0.0122 e. The molecule has 0 saturated carbocycles. The van der Waals surface area contributed by atoms with Gasteiger partial charge in [-0.05, 0) is 45.0 Å². The van der Waals surface area contributed by atoms with Gasteiger partial charge in [-0.3, -0.25) is 0 Å². The maximum atomic E-state index is 3.23. The van der Waals surface area contributed by atoms with Crippen LogP contribution < -0.4 is 5.32 Å². The zero-order chi connectivity index (χ0) is 12.0. The molecule has 0 aliphatic heterocycles. The Hall–Kier alpha value is -1.08. The van der Waals surface area contributed by atoms with Gasteiger partial charge in [-0.1, -0.05) is 43.4 Å². The molecule has 0 spiro atoms. The highest BCUT2D eigenvalue weighted by Gasteiger charge is 2.30. The van der Waals surface area contributed by atoms with Gasteiger partial charge in [-0.25, -0.2) is 0 Å². The molecule has 16 heavy (non-hydrogen) atoms. The molecular weight excluding hydrogens is 194 g/mol. The largest absolute Gasteiger partial charge is 0.320 e. The third kappa shape index (κ3) is 2.73. The van der Waals surface area contributed by atoms with Crippen LogP contribution in [0.4, 0.5) is 0 Å². The average molecular weight is 217 g/mol.